The van der Waals surface area contributed by atoms with Crippen LogP contribution in [0.25, 0.3) is 0 Å². The minimum absolute atomic E-state index is 0.257. The lowest BCUT2D eigenvalue weighted by molar-refractivity contribution is -0.145. The molecule has 1 aromatic heterocycles. The highest BCUT2D eigenvalue weighted by molar-refractivity contribution is 5.82. The van der Waals surface area contributed by atoms with Crippen molar-refractivity contribution in [2.75, 3.05) is 18.5 Å². The monoisotopic (exact) mass is 247 g/mol. The second kappa shape index (κ2) is 5.02. The number of rotatable bonds is 3. The van der Waals surface area contributed by atoms with Crippen molar-refractivity contribution in [3.63, 3.8) is 0 Å². The molecule has 2 heterocycles. The molecule has 1 aliphatic rings. The number of nitriles is 1. The van der Waals surface area contributed by atoms with Gasteiger partial charge in [0.25, 0.3) is 0 Å². The predicted molar refractivity (Wildman–Crippen MR) is 63.0 cm³/mol. The minimum Gasteiger partial charge on any atom is -0.480 e. The van der Waals surface area contributed by atoms with Gasteiger partial charge in [0.1, 0.15) is 23.1 Å². The number of nitrogens with zero attached hydrogens (tertiary/aromatic N) is 2. The fourth-order valence-electron chi connectivity index (χ4n) is 1.92. The molecule has 1 saturated heterocycles. The third-order valence-electron chi connectivity index (χ3n) is 2.99. The molecule has 0 amide bonds. The molecule has 0 bridgehead atoms. The van der Waals surface area contributed by atoms with E-state index in [1.807, 2.05) is 6.07 Å². The molecule has 6 nitrogen and oxygen atoms in total. The molecule has 2 N–H and O–H groups in total. The quantitative estimate of drug-likeness (QED) is 0.827. The minimum atomic E-state index is -1.06. The van der Waals surface area contributed by atoms with Gasteiger partial charge in [0, 0.05) is 26.1 Å². The standard InChI is InChI=1S/C12H13N3O3/c13-8-9-2-1-3-10(14-9)15-12(11(16)17)4-6-18-7-5-12/h1-3H,4-7H2,(H,14,15)(H,16,17). The Morgan fingerprint density at radius 2 is 2.22 bits per heavy atom. The highest BCUT2D eigenvalue weighted by Gasteiger charge is 2.40. The number of carbonyl (C=O) groups is 1. The molecule has 0 radical (unpaired) electrons. The van der Waals surface area contributed by atoms with Gasteiger partial charge in [-0.3, -0.25) is 0 Å². The number of hydrogen-bond acceptors (Lipinski definition) is 5. The van der Waals surface area contributed by atoms with Crippen LogP contribution in [0.4, 0.5) is 5.82 Å². The largest absolute Gasteiger partial charge is 0.480 e. The SMILES string of the molecule is N#Cc1cccc(NC2(C(=O)O)CCOCC2)n1. The number of anilines is 1. The molecule has 0 saturated carbocycles. The van der Waals surface area contributed by atoms with Gasteiger partial charge in [-0.1, -0.05) is 6.07 Å². The lowest BCUT2D eigenvalue weighted by atomic mass is 9.90. The van der Waals surface area contributed by atoms with Gasteiger partial charge < -0.3 is 15.2 Å². The van der Waals surface area contributed by atoms with Crippen LogP contribution in [-0.2, 0) is 9.53 Å². The summed E-state index contributed by atoms with van der Waals surface area (Å²) in [5.41, 5.74) is -0.799. The summed E-state index contributed by atoms with van der Waals surface area (Å²) in [7, 11) is 0. The Balaban J connectivity index is 2.23. The highest BCUT2D eigenvalue weighted by atomic mass is 16.5. The second-order valence-corrected chi connectivity index (χ2v) is 4.14. The fraction of sp³-hybridized carbons (Fsp3) is 0.417. The van der Waals surface area contributed by atoms with E-state index in [2.05, 4.69) is 10.3 Å². The average Bonchev–Trinajstić information content (AvgIpc) is 2.40. The van der Waals surface area contributed by atoms with Crippen LogP contribution in [-0.4, -0.2) is 34.8 Å². The van der Waals surface area contributed by atoms with Crippen molar-refractivity contribution in [3.05, 3.63) is 23.9 Å². The van der Waals surface area contributed by atoms with E-state index in [4.69, 9.17) is 10.00 Å². The molecule has 0 aromatic carbocycles. The van der Waals surface area contributed by atoms with Crippen LogP contribution in [0.2, 0.25) is 0 Å². The van der Waals surface area contributed by atoms with Crippen LogP contribution in [0.5, 0.6) is 0 Å². The average molecular weight is 247 g/mol. The van der Waals surface area contributed by atoms with Crippen molar-refractivity contribution in [2.24, 2.45) is 0 Å². The Bertz CT molecular complexity index is 490. The fourth-order valence-corrected chi connectivity index (χ4v) is 1.92. The number of ether oxygens (including phenoxy) is 1. The van der Waals surface area contributed by atoms with E-state index in [1.165, 1.54) is 0 Å². The van der Waals surface area contributed by atoms with Crippen LogP contribution in [0.1, 0.15) is 18.5 Å². The molecule has 1 aromatic rings. The zero-order valence-electron chi connectivity index (χ0n) is 9.72. The van der Waals surface area contributed by atoms with Crippen LogP contribution in [0.15, 0.2) is 18.2 Å². The van der Waals surface area contributed by atoms with Crippen LogP contribution in [0, 0.1) is 11.3 Å². The summed E-state index contributed by atoms with van der Waals surface area (Å²) < 4.78 is 5.18. The predicted octanol–water partition coefficient (Wildman–Crippen LogP) is 0.999. The van der Waals surface area contributed by atoms with Gasteiger partial charge >= 0.3 is 5.97 Å². The number of carboxylic acids is 1. The van der Waals surface area contributed by atoms with Gasteiger partial charge in [0.15, 0.2) is 0 Å². The van der Waals surface area contributed by atoms with E-state index < -0.39 is 11.5 Å². The summed E-state index contributed by atoms with van der Waals surface area (Å²) in [6.07, 6.45) is 0.752. The number of carboxylic acid groups (broad SMARTS) is 1. The second-order valence-electron chi connectivity index (χ2n) is 4.14. The van der Waals surface area contributed by atoms with Gasteiger partial charge in [-0.05, 0) is 12.1 Å². The van der Waals surface area contributed by atoms with Crippen LogP contribution in [0.3, 0.4) is 0 Å². The van der Waals surface area contributed by atoms with Crippen molar-refractivity contribution >= 4 is 11.8 Å². The smallest absolute Gasteiger partial charge is 0.329 e. The van der Waals surface area contributed by atoms with E-state index in [1.54, 1.807) is 18.2 Å². The maximum atomic E-state index is 11.4. The molecular weight excluding hydrogens is 234 g/mol. The zero-order valence-corrected chi connectivity index (χ0v) is 9.72. The Hall–Kier alpha value is -2.13. The van der Waals surface area contributed by atoms with Crippen molar-refractivity contribution < 1.29 is 14.6 Å². The van der Waals surface area contributed by atoms with Gasteiger partial charge in [-0.2, -0.15) is 5.26 Å². The lowest BCUT2D eigenvalue weighted by Crippen LogP contribution is -2.50. The molecule has 0 unspecified atom stereocenters. The van der Waals surface area contributed by atoms with Gasteiger partial charge in [-0.15, -0.1) is 0 Å². The van der Waals surface area contributed by atoms with Crippen LogP contribution >= 0.6 is 0 Å². The van der Waals surface area contributed by atoms with Crippen molar-refractivity contribution in [1.82, 2.24) is 4.98 Å². The molecule has 6 heteroatoms. The van der Waals surface area contributed by atoms with E-state index >= 15 is 0 Å². The Kier molecular flexibility index (Phi) is 3.44. The number of pyridine rings is 1. The maximum Gasteiger partial charge on any atom is 0.329 e. The van der Waals surface area contributed by atoms with Crippen molar-refractivity contribution in [3.8, 4) is 6.07 Å². The summed E-state index contributed by atoms with van der Waals surface area (Å²) in [5.74, 6) is -0.520. The summed E-state index contributed by atoms with van der Waals surface area (Å²) in [5, 5.41) is 21.1. The molecule has 18 heavy (non-hydrogen) atoms. The number of aliphatic carboxylic acids is 1. The molecule has 94 valence electrons. The summed E-state index contributed by atoms with van der Waals surface area (Å²) in [4.78, 5) is 15.5. The molecular formula is C12H13N3O3. The van der Waals surface area contributed by atoms with Crippen molar-refractivity contribution in [1.29, 1.82) is 5.26 Å². The summed E-state index contributed by atoms with van der Waals surface area (Å²) in [6.45, 7) is 0.800. The molecule has 0 spiro atoms. The van der Waals surface area contributed by atoms with Gasteiger partial charge in [0.2, 0.25) is 0 Å². The summed E-state index contributed by atoms with van der Waals surface area (Å²) in [6, 6.07) is 6.82. The Labute approximate surface area is 104 Å². The third-order valence-corrected chi connectivity index (χ3v) is 2.99. The van der Waals surface area contributed by atoms with E-state index in [0.29, 0.717) is 31.9 Å². The molecule has 0 atom stereocenters. The van der Waals surface area contributed by atoms with E-state index in [-0.39, 0.29) is 5.69 Å². The summed E-state index contributed by atoms with van der Waals surface area (Å²) >= 11 is 0. The molecule has 2 rings (SSSR count). The molecule has 1 aliphatic heterocycles. The Morgan fingerprint density at radius 3 is 2.83 bits per heavy atom. The van der Waals surface area contributed by atoms with Crippen molar-refractivity contribution in [2.45, 2.75) is 18.4 Å². The Morgan fingerprint density at radius 1 is 1.50 bits per heavy atom. The number of hydrogen-bond donors (Lipinski definition) is 2. The van der Waals surface area contributed by atoms with Gasteiger partial charge in [0.05, 0.1) is 0 Å². The first-order chi connectivity index (χ1) is 8.66. The van der Waals surface area contributed by atoms with Crippen LogP contribution < -0.4 is 5.32 Å². The highest BCUT2D eigenvalue weighted by Crippen LogP contribution is 2.25. The van der Waals surface area contributed by atoms with E-state index in [0.717, 1.165) is 0 Å². The molecule has 0 aliphatic carbocycles. The van der Waals surface area contributed by atoms with E-state index in [9.17, 15) is 9.90 Å². The first-order valence-corrected chi connectivity index (χ1v) is 5.63. The molecule has 1 fully saturated rings. The lowest BCUT2D eigenvalue weighted by Gasteiger charge is -2.34. The zero-order chi connectivity index (χ0) is 13.0. The third kappa shape index (κ3) is 2.41. The maximum absolute atomic E-state index is 11.4. The normalized spacial score (nSPS) is 17.7. The topological polar surface area (TPSA) is 95.2 Å². The van der Waals surface area contributed by atoms with Gasteiger partial charge in [-0.25, -0.2) is 9.78 Å². The number of aromatic nitrogens is 1. The number of nitrogens with one attached hydrogen (secondary N) is 1. The first kappa shape index (κ1) is 12.3. The first-order valence-electron chi connectivity index (χ1n) is 5.63.